The van der Waals surface area contributed by atoms with Gasteiger partial charge in [0.05, 0.1) is 0 Å². The van der Waals surface area contributed by atoms with Gasteiger partial charge >= 0.3 is 12.1 Å². The van der Waals surface area contributed by atoms with E-state index in [0.29, 0.717) is 5.75 Å². The lowest BCUT2D eigenvalue weighted by Gasteiger charge is -2.11. The average molecular weight is 366 g/mol. The van der Waals surface area contributed by atoms with E-state index in [1.807, 2.05) is 19.9 Å². The number of aryl methyl sites for hydroxylation is 2. The van der Waals surface area contributed by atoms with Gasteiger partial charge in [0.25, 0.3) is 5.91 Å². The van der Waals surface area contributed by atoms with Gasteiger partial charge in [-0.15, -0.1) is 0 Å². The van der Waals surface area contributed by atoms with Crippen LogP contribution in [-0.4, -0.2) is 24.6 Å². The van der Waals surface area contributed by atoms with Crippen molar-refractivity contribution in [1.82, 2.24) is 0 Å². The molecule has 2 rings (SSSR count). The monoisotopic (exact) mass is 366 g/mol. The van der Waals surface area contributed by atoms with Crippen LogP contribution in [0.2, 0.25) is 0 Å². The molecule has 2 N–H and O–H groups in total. The number of amides is 2. The smallest absolute Gasteiger partial charge is 0.471 e. The molecule has 0 radical (unpaired) electrons. The molecule has 0 saturated carbocycles. The average Bonchev–Trinajstić information content (AvgIpc) is 2.55. The molecule has 0 bridgehead atoms. The van der Waals surface area contributed by atoms with E-state index < -0.39 is 18.0 Å². The Hall–Kier alpha value is -3.03. The minimum atomic E-state index is -4.99. The molecular formula is C18H17F3N2O3. The van der Waals surface area contributed by atoms with Crippen LogP contribution in [0, 0.1) is 13.8 Å². The zero-order valence-electron chi connectivity index (χ0n) is 14.1. The van der Waals surface area contributed by atoms with Gasteiger partial charge in [-0.05, 0) is 55.3 Å². The lowest BCUT2D eigenvalue weighted by molar-refractivity contribution is -0.167. The molecule has 138 valence electrons. The van der Waals surface area contributed by atoms with Crippen LogP contribution in [0.3, 0.4) is 0 Å². The van der Waals surface area contributed by atoms with Crippen molar-refractivity contribution in [3.05, 3.63) is 53.6 Å². The fourth-order valence-electron chi connectivity index (χ4n) is 2.03. The van der Waals surface area contributed by atoms with Crippen molar-refractivity contribution in [2.45, 2.75) is 20.0 Å². The van der Waals surface area contributed by atoms with Gasteiger partial charge < -0.3 is 15.4 Å². The summed E-state index contributed by atoms with van der Waals surface area (Å²) in [5.74, 6) is -2.03. The number of carbonyl (C=O) groups excluding carboxylic acids is 2. The van der Waals surface area contributed by atoms with Gasteiger partial charge in [-0.1, -0.05) is 12.1 Å². The summed E-state index contributed by atoms with van der Waals surface area (Å²) in [7, 11) is 0. The molecule has 8 heteroatoms. The topological polar surface area (TPSA) is 67.4 Å². The molecule has 2 aromatic carbocycles. The Morgan fingerprint density at radius 3 is 2.23 bits per heavy atom. The Labute approximate surface area is 148 Å². The zero-order valence-corrected chi connectivity index (χ0v) is 14.1. The summed E-state index contributed by atoms with van der Waals surface area (Å²) in [4.78, 5) is 22.9. The number of hydrogen-bond donors (Lipinski definition) is 2. The lowest BCUT2D eigenvalue weighted by Crippen LogP contribution is -2.30. The molecule has 0 fully saturated rings. The summed E-state index contributed by atoms with van der Waals surface area (Å²) in [5, 5.41) is 4.21. The van der Waals surface area contributed by atoms with E-state index in [1.165, 1.54) is 24.3 Å². The lowest BCUT2D eigenvalue weighted by atomic mass is 10.1. The third-order valence-electron chi connectivity index (χ3n) is 3.51. The number of benzene rings is 2. The van der Waals surface area contributed by atoms with Crippen LogP contribution in [0.1, 0.15) is 11.1 Å². The number of ether oxygens (including phenoxy) is 1. The van der Waals surface area contributed by atoms with Crippen LogP contribution in [0.4, 0.5) is 24.5 Å². The minimum Gasteiger partial charge on any atom is -0.484 e. The number of halogens is 3. The highest BCUT2D eigenvalue weighted by atomic mass is 19.4. The first-order valence-corrected chi connectivity index (χ1v) is 7.63. The number of rotatable bonds is 5. The molecule has 0 aliphatic carbocycles. The van der Waals surface area contributed by atoms with Gasteiger partial charge in [0, 0.05) is 11.4 Å². The van der Waals surface area contributed by atoms with E-state index in [2.05, 4.69) is 5.32 Å². The molecule has 2 aromatic rings. The van der Waals surface area contributed by atoms with E-state index in [4.69, 9.17) is 4.74 Å². The summed E-state index contributed by atoms with van der Waals surface area (Å²) in [6.45, 7) is 3.61. The number of hydrogen-bond acceptors (Lipinski definition) is 3. The maximum atomic E-state index is 12.3. The largest absolute Gasteiger partial charge is 0.484 e. The summed E-state index contributed by atoms with van der Waals surface area (Å²) in [6.07, 6.45) is -4.99. The molecule has 0 aliphatic rings. The molecule has 0 aliphatic heterocycles. The molecular weight excluding hydrogens is 349 g/mol. The van der Waals surface area contributed by atoms with Crippen LogP contribution in [0.25, 0.3) is 0 Å². The molecule has 26 heavy (non-hydrogen) atoms. The van der Waals surface area contributed by atoms with Crippen LogP contribution in [0.15, 0.2) is 42.5 Å². The van der Waals surface area contributed by atoms with E-state index in [9.17, 15) is 22.8 Å². The van der Waals surface area contributed by atoms with Gasteiger partial charge in [0.15, 0.2) is 6.61 Å². The predicted octanol–water partition coefficient (Wildman–Crippen LogP) is 3.82. The van der Waals surface area contributed by atoms with Crippen LogP contribution in [-0.2, 0) is 9.59 Å². The second kappa shape index (κ2) is 7.90. The fraction of sp³-hybridized carbons (Fsp3) is 0.222. The van der Waals surface area contributed by atoms with E-state index in [0.717, 1.165) is 11.1 Å². The molecule has 0 unspecified atom stereocenters. The van der Waals surface area contributed by atoms with Crippen molar-refractivity contribution in [2.24, 2.45) is 0 Å². The SMILES string of the molecule is Cc1ccc(OCC(=O)Nc2cccc(NC(=O)C(F)(F)F)c2)cc1C. The molecule has 0 spiro atoms. The first-order valence-electron chi connectivity index (χ1n) is 7.63. The Balaban J connectivity index is 1.93. The minimum absolute atomic E-state index is 0.0831. The van der Waals surface area contributed by atoms with E-state index >= 15 is 0 Å². The third kappa shape index (κ3) is 5.51. The van der Waals surface area contributed by atoms with Gasteiger partial charge in [0.1, 0.15) is 5.75 Å². The zero-order chi connectivity index (χ0) is 19.3. The Morgan fingerprint density at radius 1 is 0.962 bits per heavy atom. The van der Waals surface area contributed by atoms with Crippen molar-refractivity contribution >= 4 is 23.2 Å². The number of anilines is 2. The summed E-state index contributed by atoms with van der Waals surface area (Å²) in [5.41, 5.74) is 2.27. The normalized spacial score (nSPS) is 11.0. The molecule has 5 nitrogen and oxygen atoms in total. The molecule has 2 amide bonds. The first kappa shape index (κ1) is 19.3. The highest BCUT2D eigenvalue weighted by Gasteiger charge is 2.38. The summed E-state index contributed by atoms with van der Waals surface area (Å²) >= 11 is 0. The second-order valence-electron chi connectivity index (χ2n) is 5.62. The highest BCUT2D eigenvalue weighted by Crippen LogP contribution is 2.21. The van der Waals surface area contributed by atoms with Crippen LogP contribution in [0.5, 0.6) is 5.75 Å². The Bertz CT molecular complexity index is 820. The van der Waals surface area contributed by atoms with Crippen molar-refractivity contribution in [1.29, 1.82) is 0 Å². The van der Waals surface area contributed by atoms with E-state index in [1.54, 1.807) is 17.4 Å². The van der Waals surface area contributed by atoms with E-state index in [-0.39, 0.29) is 18.0 Å². The van der Waals surface area contributed by atoms with Gasteiger partial charge in [-0.3, -0.25) is 9.59 Å². The van der Waals surface area contributed by atoms with Crippen LogP contribution < -0.4 is 15.4 Å². The summed E-state index contributed by atoms with van der Waals surface area (Å²) < 4.78 is 42.2. The van der Waals surface area contributed by atoms with Gasteiger partial charge in [-0.2, -0.15) is 13.2 Å². The van der Waals surface area contributed by atoms with Crippen molar-refractivity contribution in [3.8, 4) is 5.75 Å². The standard InChI is InChI=1S/C18H17F3N2O3/c1-11-6-7-15(8-12(11)2)26-10-16(24)22-13-4-3-5-14(9-13)23-17(25)18(19,20)21/h3-9H,10H2,1-2H3,(H,22,24)(H,23,25). The van der Waals surface area contributed by atoms with Crippen molar-refractivity contribution < 1.29 is 27.5 Å². The summed E-state index contributed by atoms with van der Waals surface area (Å²) in [6, 6.07) is 10.8. The third-order valence-corrected chi connectivity index (χ3v) is 3.51. The Morgan fingerprint density at radius 2 is 1.62 bits per heavy atom. The number of nitrogens with one attached hydrogen (secondary N) is 2. The molecule has 0 saturated heterocycles. The number of alkyl halides is 3. The second-order valence-corrected chi connectivity index (χ2v) is 5.62. The maximum absolute atomic E-state index is 12.3. The van der Waals surface area contributed by atoms with Crippen molar-refractivity contribution in [3.63, 3.8) is 0 Å². The van der Waals surface area contributed by atoms with Gasteiger partial charge in [-0.25, -0.2) is 0 Å². The first-order chi connectivity index (χ1) is 12.1. The Kier molecular flexibility index (Phi) is 5.86. The quantitative estimate of drug-likeness (QED) is 0.845. The number of carbonyl (C=O) groups is 2. The van der Waals surface area contributed by atoms with Crippen LogP contribution >= 0.6 is 0 Å². The molecule has 0 heterocycles. The highest BCUT2D eigenvalue weighted by molar-refractivity contribution is 5.96. The molecule has 0 aromatic heterocycles. The maximum Gasteiger partial charge on any atom is 0.471 e. The van der Waals surface area contributed by atoms with Crippen molar-refractivity contribution in [2.75, 3.05) is 17.2 Å². The van der Waals surface area contributed by atoms with Gasteiger partial charge in [0.2, 0.25) is 0 Å². The molecule has 0 atom stereocenters. The fourth-order valence-corrected chi connectivity index (χ4v) is 2.03. The predicted molar refractivity (Wildman–Crippen MR) is 91.2 cm³/mol.